The van der Waals surface area contributed by atoms with Crippen LogP contribution in [0.4, 0.5) is 5.69 Å². The number of anilines is 1. The Hall–Kier alpha value is -3.54. The molecule has 0 aliphatic rings. The zero-order valence-electron chi connectivity index (χ0n) is 17.0. The van der Waals surface area contributed by atoms with Crippen molar-refractivity contribution in [3.63, 3.8) is 0 Å². The van der Waals surface area contributed by atoms with Crippen molar-refractivity contribution in [3.05, 3.63) is 87.3 Å². The number of rotatable bonds is 6. The number of carbonyl (C=O) groups excluding carboxylic acids is 1. The van der Waals surface area contributed by atoms with E-state index in [-0.39, 0.29) is 11.1 Å². The van der Waals surface area contributed by atoms with Gasteiger partial charge in [-0.2, -0.15) is 0 Å². The van der Waals surface area contributed by atoms with Crippen LogP contribution >= 0.6 is 0 Å². The molecule has 29 heavy (non-hydrogen) atoms. The molecule has 0 saturated carbocycles. The zero-order valence-corrected chi connectivity index (χ0v) is 17.0. The lowest BCUT2D eigenvalue weighted by Gasteiger charge is -2.13. The topological polar surface area (TPSA) is 69.6 Å². The lowest BCUT2D eigenvalue weighted by molar-refractivity contribution is 0.102. The van der Waals surface area contributed by atoms with Gasteiger partial charge in [0, 0.05) is 12.3 Å². The minimum absolute atomic E-state index is 0.0580. The van der Waals surface area contributed by atoms with Gasteiger partial charge in [-0.05, 0) is 49.2 Å². The van der Waals surface area contributed by atoms with E-state index in [4.69, 9.17) is 9.47 Å². The molecule has 3 aromatic rings. The molecule has 0 radical (unpaired) electrons. The van der Waals surface area contributed by atoms with Crippen LogP contribution in [0.25, 0.3) is 0 Å². The second kappa shape index (κ2) is 8.65. The monoisotopic (exact) mass is 392 g/mol. The lowest BCUT2D eigenvalue weighted by Crippen LogP contribution is -2.29. The molecule has 0 saturated heterocycles. The Kier molecular flexibility index (Phi) is 6.02. The molecule has 6 nitrogen and oxygen atoms in total. The number of carbonyl (C=O) groups is 1. The van der Waals surface area contributed by atoms with Crippen molar-refractivity contribution in [2.24, 2.45) is 0 Å². The van der Waals surface area contributed by atoms with Crippen LogP contribution in [-0.2, 0) is 6.54 Å². The number of benzene rings is 2. The van der Waals surface area contributed by atoms with Gasteiger partial charge in [0.05, 0.1) is 26.5 Å². The van der Waals surface area contributed by atoms with Crippen LogP contribution < -0.4 is 20.3 Å². The Morgan fingerprint density at radius 3 is 2.55 bits per heavy atom. The van der Waals surface area contributed by atoms with E-state index in [9.17, 15) is 9.59 Å². The summed E-state index contributed by atoms with van der Waals surface area (Å²) in [6.45, 7) is 4.42. The van der Waals surface area contributed by atoms with E-state index >= 15 is 0 Å². The average Bonchev–Trinajstić information content (AvgIpc) is 2.72. The van der Waals surface area contributed by atoms with Gasteiger partial charge in [0.2, 0.25) is 0 Å². The van der Waals surface area contributed by atoms with Crippen molar-refractivity contribution in [1.29, 1.82) is 0 Å². The second-order valence-corrected chi connectivity index (χ2v) is 6.81. The minimum atomic E-state index is -0.503. The molecule has 2 aromatic carbocycles. The summed E-state index contributed by atoms with van der Waals surface area (Å²) in [6.07, 6.45) is 1.69. The summed E-state index contributed by atoms with van der Waals surface area (Å²) in [5.74, 6) is 0.546. The molecule has 0 bridgehead atoms. The highest BCUT2D eigenvalue weighted by Crippen LogP contribution is 2.29. The Morgan fingerprint density at radius 1 is 1.03 bits per heavy atom. The molecule has 3 rings (SSSR count). The largest absolute Gasteiger partial charge is 0.497 e. The maximum Gasteiger partial charge on any atom is 0.263 e. The van der Waals surface area contributed by atoms with Crippen LogP contribution in [0.5, 0.6) is 11.5 Å². The van der Waals surface area contributed by atoms with Gasteiger partial charge in [-0.15, -0.1) is 0 Å². The van der Waals surface area contributed by atoms with Crippen LogP contribution in [0.1, 0.15) is 27.0 Å². The van der Waals surface area contributed by atoms with Gasteiger partial charge >= 0.3 is 0 Å². The number of amides is 1. The summed E-state index contributed by atoms with van der Waals surface area (Å²) < 4.78 is 12.0. The third-order valence-electron chi connectivity index (χ3n) is 4.76. The van der Waals surface area contributed by atoms with Crippen molar-refractivity contribution >= 4 is 11.6 Å². The normalized spacial score (nSPS) is 10.5. The van der Waals surface area contributed by atoms with E-state index in [0.717, 1.165) is 16.7 Å². The number of aromatic nitrogens is 1. The van der Waals surface area contributed by atoms with Gasteiger partial charge in [-0.3, -0.25) is 9.59 Å². The summed E-state index contributed by atoms with van der Waals surface area (Å²) in [5, 5.41) is 2.75. The molecular weight excluding hydrogens is 368 g/mol. The van der Waals surface area contributed by atoms with Gasteiger partial charge in [0.25, 0.3) is 11.5 Å². The summed E-state index contributed by atoms with van der Waals surface area (Å²) in [5.41, 5.74) is 3.40. The van der Waals surface area contributed by atoms with E-state index in [1.807, 2.05) is 26.0 Å². The van der Waals surface area contributed by atoms with Gasteiger partial charge < -0.3 is 19.4 Å². The SMILES string of the molecule is COc1ccc(OC)c(NC(=O)c2cccn(Cc3cc(C)ccc3C)c2=O)c1. The maximum absolute atomic E-state index is 12.9. The van der Waals surface area contributed by atoms with Crippen molar-refractivity contribution in [3.8, 4) is 11.5 Å². The average molecular weight is 392 g/mol. The third kappa shape index (κ3) is 4.48. The molecular formula is C23H24N2O4. The van der Waals surface area contributed by atoms with Gasteiger partial charge in [0.1, 0.15) is 17.1 Å². The molecule has 150 valence electrons. The Morgan fingerprint density at radius 2 is 1.83 bits per heavy atom. The molecule has 0 unspecified atom stereocenters. The van der Waals surface area contributed by atoms with E-state index in [1.54, 1.807) is 35.0 Å². The number of methoxy groups -OCH3 is 2. The van der Waals surface area contributed by atoms with Crippen LogP contribution in [0.15, 0.2) is 59.5 Å². The van der Waals surface area contributed by atoms with Crippen molar-refractivity contribution in [2.75, 3.05) is 19.5 Å². The van der Waals surface area contributed by atoms with Crippen molar-refractivity contribution in [1.82, 2.24) is 4.57 Å². The van der Waals surface area contributed by atoms with E-state index < -0.39 is 5.91 Å². The van der Waals surface area contributed by atoms with Crippen molar-refractivity contribution in [2.45, 2.75) is 20.4 Å². The molecule has 0 aliphatic carbocycles. The summed E-state index contributed by atoms with van der Waals surface area (Å²) in [4.78, 5) is 25.7. The fourth-order valence-electron chi connectivity index (χ4n) is 3.09. The first-order valence-electron chi connectivity index (χ1n) is 9.22. The van der Waals surface area contributed by atoms with Crippen LogP contribution in [0.3, 0.4) is 0 Å². The zero-order chi connectivity index (χ0) is 21.0. The van der Waals surface area contributed by atoms with E-state index in [1.165, 1.54) is 20.3 Å². The Labute approximate surface area is 169 Å². The molecule has 1 aromatic heterocycles. The molecule has 1 N–H and O–H groups in total. The van der Waals surface area contributed by atoms with Crippen LogP contribution in [0.2, 0.25) is 0 Å². The number of pyridine rings is 1. The highest BCUT2D eigenvalue weighted by Gasteiger charge is 2.15. The maximum atomic E-state index is 12.9. The molecule has 0 aliphatic heterocycles. The number of hydrogen-bond acceptors (Lipinski definition) is 4. The predicted molar refractivity (Wildman–Crippen MR) is 113 cm³/mol. The first-order valence-corrected chi connectivity index (χ1v) is 9.22. The van der Waals surface area contributed by atoms with E-state index in [2.05, 4.69) is 11.4 Å². The lowest BCUT2D eigenvalue weighted by atomic mass is 10.1. The highest BCUT2D eigenvalue weighted by molar-refractivity contribution is 6.04. The number of hydrogen-bond donors (Lipinski definition) is 1. The fourth-order valence-corrected chi connectivity index (χ4v) is 3.09. The van der Waals surface area contributed by atoms with Gasteiger partial charge in [-0.1, -0.05) is 23.8 Å². The van der Waals surface area contributed by atoms with Crippen molar-refractivity contribution < 1.29 is 14.3 Å². The number of nitrogens with one attached hydrogen (secondary N) is 1. The summed E-state index contributed by atoms with van der Waals surface area (Å²) in [6, 6.07) is 14.4. The minimum Gasteiger partial charge on any atom is -0.497 e. The van der Waals surface area contributed by atoms with E-state index in [0.29, 0.717) is 23.7 Å². The number of nitrogens with zero attached hydrogens (tertiary/aromatic N) is 1. The molecule has 0 fully saturated rings. The molecule has 6 heteroatoms. The standard InChI is InChI=1S/C23H24N2O4/c1-15-7-8-16(2)17(12-15)14-25-11-5-6-19(23(25)27)22(26)24-20-13-18(28-3)9-10-21(20)29-4/h5-13H,14H2,1-4H3,(H,24,26). The number of ether oxygens (including phenoxy) is 2. The van der Waals surface area contributed by atoms with Gasteiger partial charge in [0.15, 0.2) is 0 Å². The van der Waals surface area contributed by atoms with Crippen LogP contribution in [0, 0.1) is 13.8 Å². The first-order chi connectivity index (χ1) is 13.9. The van der Waals surface area contributed by atoms with Crippen LogP contribution in [-0.4, -0.2) is 24.7 Å². The first kappa shape index (κ1) is 20.2. The number of aryl methyl sites for hydroxylation is 2. The Bertz CT molecular complexity index is 1100. The summed E-state index contributed by atoms with van der Waals surface area (Å²) >= 11 is 0. The highest BCUT2D eigenvalue weighted by atomic mass is 16.5. The molecule has 0 atom stereocenters. The summed E-state index contributed by atoms with van der Waals surface area (Å²) in [7, 11) is 3.05. The quantitative estimate of drug-likeness (QED) is 0.693. The van der Waals surface area contributed by atoms with Gasteiger partial charge in [-0.25, -0.2) is 0 Å². The predicted octanol–water partition coefficient (Wildman–Crippen LogP) is 3.78. The molecule has 1 amide bonds. The molecule has 1 heterocycles. The molecule has 0 spiro atoms. The smallest absolute Gasteiger partial charge is 0.263 e. The fraction of sp³-hybridized carbons (Fsp3) is 0.217. The third-order valence-corrected chi connectivity index (χ3v) is 4.76. The second-order valence-electron chi connectivity index (χ2n) is 6.81. The Balaban J connectivity index is 1.90.